The SMILES string of the molecule is CC(C)(C)NC(=O)[C@H](CC1CC1)C1(C(N)=O)CCC1. The second-order valence-electron chi connectivity index (χ2n) is 7.34. The molecule has 2 rings (SSSR count). The first-order chi connectivity index (χ1) is 8.74. The molecule has 108 valence electrons. The molecule has 2 saturated carbocycles. The molecule has 4 nitrogen and oxygen atoms in total. The standard InChI is InChI=1S/C15H26N2O2/c1-14(2,3)17-12(18)11(9-10-5-6-10)15(13(16)19)7-4-8-15/h10-11H,4-9H2,1-3H3,(H2,16,19)(H,17,18)/t11-/m0/s1. The van der Waals surface area contributed by atoms with Crippen LogP contribution in [0.1, 0.15) is 59.3 Å². The van der Waals surface area contributed by atoms with Crippen molar-refractivity contribution < 1.29 is 9.59 Å². The maximum atomic E-state index is 12.5. The van der Waals surface area contributed by atoms with E-state index in [2.05, 4.69) is 5.32 Å². The maximum Gasteiger partial charge on any atom is 0.224 e. The molecule has 0 aliphatic heterocycles. The lowest BCUT2D eigenvalue weighted by Gasteiger charge is -2.45. The van der Waals surface area contributed by atoms with Crippen molar-refractivity contribution in [1.29, 1.82) is 0 Å². The highest BCUT2D eigenvalue weighted by atomic mass is 16.2. The highest BCUT2D eigenvalue weighted by molar-refractivity contribution is 5.90. The molecule has 4 heteroatoms. The Kier molecular flexibility index (Phi) is 3.63. The zero-order valence-electron chi connectivity index (χ0n) is 12.3. The lowest BCUT2D eigenvalue weighted by atomic mass is 9.59. The summed E-state index contributed by atoms with van der Waals surface area (Å²) in [6.07, 6.45) is 5.76. The van der Waals surface area contributed by atoms with Crippen LogP contribution < -0.4 is 11.1 Å². The largest absolute Gasteiger partial charge is 0.369 e. The van der Waals surface area contributed by atoms with E-state index in [0.717, 1.165) is 25.7 Å². The molecule has 0 spiro atoms. The summed E-state index contributed by atoms with van der Waals surface area (Å²) in [6.45, 7) is 5.91. The second kappa shape index (κ2) is 4.80. The molecule has 1 atom stereocenters. The Morgan fingerprint density at radius 1 is 1.32 bits per heavy atom. The molecule has 0 heterocycles. The molecule has 2 aliphatic rings. The van der Waals surface area contributed by atoms with Gasteiger partial charge in [-0.1, -0.05) is 19.3 Å². The average molecular weight is 266 g/mol. The summed E-state index contributed by atoms with van der Waals surface area (Å²) in [5.74, 6) is 0.115. The quantitative estimate of drug-likeness (QED) is 0.798. The second-order valence-corrected chi connectivity index (χ2v) is 7.34. The molecule has 0 aromatic heterocycles. The minimum atomic E-state index is -0.572. The first-order valence-electron chi connectivity index (χ1n) is 7.36. The Morgan fingerprint density at radius 2 is 1.89 bits per heavy atom. The molecule has 2 amide bonds. The van der Waals surface area contributed by atoms with Gasteiger partial charge in [-0.25, -0.2) is 0 Å². The van der Waals surface area contributed by atoms with Crippen LogP contribution in [0.2, 0.25) is 0 Å². The molecule has 2 aliphatic carbocycles. The van der Waals surface area contributed by atoms with Gasteiger partial charge in [-0.3, -0.25) is 9.59 Å². The van der Waals surface area contributed by atoms with Crippen LogP contribution >= 0.6 is 0 Å². The van der Waals surface area contributed by atoms with E-state index in [9.17, 15) is 9.59 Å². The van der Waals surface area contributed by atoms with Crippen molar-refractivity contribution in [2.75, 3.05) is 0 Å². The molecular formula is C15H26N2O2. The van der Waals surface area contributed by atoms with Gasteiger partial charge in [-0.15, -0.1) is 0 Å². The first kappa shape index (κ1) is 14.4. The predicted octanol–water partition coefficient (Wildman–Crippen LogP) is 1.97. The first-order valence-corrected chi connectivity index (χ1v) is 7.36. The number of nitrogens with one attached hydrogen (secondary N) is 1. The van der Waals surface area contributed by atoms with Crippen LogP contribution in [-0.4, -0.2) is 17.4 Å². The van der Waals surface area contributed by atoms with Gasteiger partial charge in [-0.05, 0) is 46.0 Å². The van der Waals surface area contributed by atoms with Crippen molar-refractivity contribution in [2.45, 2.75) is 64.8 Å². The fraction of sp³-hybridized carbons (Fsp3) is 0.867. The van der Waals surface area contributed by atoms with E-state index in [1.807, 2.05) is 20.8 Å². The Bertz CT molecular complexity index is 376. The van der Waals surface area contributed by atoms with E-state index >= 15 is 0 Å². The van der Waals surface area contributed by atoms with Crippen LogP contribution in [-0.2, 0) is 9.59 Å². The van der Waals surface area contributed by atoms with E-state index < -0.39 is 5.41 Å². The Labute approximate surface area is 115 Å². The summed E-state index contributed by atoms with van der Waals surface area (Å²) < 4.78 is 0. The maximum absolute atomic E-state index is 12.5. The summed E-state index contributed by atoms with van der Waals surface area (Å²) >= 11 is 0. The Hall–Kier alpha value is -1.06. The molecule has 0 unspecified atom stereocenters. The van der Waals surface area contributed by atoms with E-state index in [-0.39, 0.29) is 23.3 Å². The molecule has 0 aromatic rings. The van der Waals surface area contributed by atoms with Gasteiger partial charge in [-0.2, -0.15) is 0 Å². The van der Waals surface area contributed by atoms with E-state index in [4.69, 9.17) is 5.73 Å². The van der Waals surface area contributed by atoms with Crippen molar-refractivity contribution in [3.63, 3.8) is 0 Å². The lowest BCUT2D eigenvalue weighted by molar-refractivity contribution is -0.148. The fourth-order valence-corrected chi connectivity index (χ4v) is 3.05. The Morgan fingerprint density at radius 3 is 2.21 bits per heavy atom. The van der Waals surface area contributed by atoms with Crippen LogP contribution in [0, 0.1) is 17.3 Å². The van der Waals surface area contributed by atoms with Crippen molar-refractivity contribution in [3.05, 3.63) is 0 Å². The summed E-state index contributed by atoms with van der Waals surface area (Å²) in [5.41, 5.74) is 4.78. The smallest absolute Gasteiger partial charge is 0.224 e. The molecular weight excluding hydrogens is 240 g/mol. The average Bonchev–Trinajstić information content (AvgIpc) is 2.94. The molecule has 2 fully saturated rings. The predicted molar refractivity (Wildman–Crippen MR) is 74.2 cm³/mol. The third kappa shape index (κ3) is 3.10. The minimum Gasteiger partial charge on any atom is -0.369 e. The molecule has 19 heavy (non-hydrogen) atoms. The normalized spacial score (nSPS) is 23.3. The third-order valence-electron chi connectivity index (χ3n) is 4.48. The Balaban J connectivity index is 2.15. The number of primary amides is 1. The van der Waals surface area contributed by atoms with Crippen LogP contribution in [0.15, 0.2) is 0 Å². The number of hydrogen-bond donors (Lipinski definition) is 2. The monoisotopic (exact) mass is 266 g/mol. The minimum absolute atomic E-state index is 0.0119. The lowest BCUT2D eigenvalue weighted by Crippen LogP contribution is -2.56. The fourth-order valence-electron chi connectivity index (χ4n) is 3.05. The number of amides is 2. The van der Waals surface area contributed by atoms with Gasteiger partial charge in [0.2, 0.25) is 11.8 Å². The van der Waals surface area contributed by atoms with E-state index in [1.165, 1.54) is 12.8 Å². The van der Waals surface area contributed by atoms with Gasteiger partial charge < -0.3 is 11.1 Å². The molecule has 0 bridgehead atoms. The number of carbonyl (C=O) groups excluding carboxylic acids is 2. The molecule has 3 N–H and O–H groups in total. The molecule has 0 saturated heterocycles. The molecule has 0 radical (unpaired) electrons. The van der Waals surface area contributed by atoms with Gasteiger partial charge in [0.1, 0.15) is 0 Å². The summed E-state index contributed by atoms with van der Waals surface area (Å²) in [5, 5.41) is 3.03. The van der Waals surface area contributed by atoms with E-state index in [1.54, 1.807) is 0 Å². The van der Waals surface area contributed by atoms with Gasteiger partial charge in [0, 0.05) is 5.54 Å². The number of hydrogen-bond acceptors (Lipinski definition) is 2. The highest BCUT2D eigenvalue weighted by Gasteiger charge is 2.53. The van der Waals surface area contributed by atoms with Crippen molar-refractivity contribution in [2.24, 2.45) is 23.0 Å². The number of rotatable bonds is 5. The van der Waals surface area contributed by atoms with Gasteiger partial charge in [0.15, 0.2) is 0 Å². The van der Waals surface area contributed by atoms with Crippen molar-refractivity contribution in [1.82, 2.24) is 5.32 Å². The van der Waals surface area contributed by atoms with Crippen LogP contribution in [0.4, 0.5) is 0 Å². The van der Waals surface area contributed by atoms with Gasteiger partial charge in [0.25, 0.3) is 0 Å². The zero-order valence-corrected chi connectivity index (χ0v) is 12.3. The van der Waals surface area contributed by atoms with Crippen LogP contribution in [0.3, 0.4) is 0 Å². The van der Waals surface area contributed by atoms with Crippen LogP contribution in [0.25, 0.3) is 0 Å². The van der Waals surface area contributed by atoms with Gasteiger partial charge in [0.05, 0.1) is 11.3 Å². The molecule has 0 aromatic carbocycles. The summed E-state index contributed by atoms with van der Waals surface area (Å²) in [4.78, 5) is 24.4. The van der Waals surface area contributed by atoms with Crippen LogP contribution in [0.5, 0.6) is 0 Å². The number of nitrogens with two attached hydrogens (primary N) is 1. The summed E-state index contributed by atoms with van der Waals surface area (Å²) in [6, 6.07) is 0. The third-order valence-corrected chi connectivity index (χ3v) is 4.48. The van der Waals surface area contributed by atoms with Gasteiger partial charge >= 0.3 is 0 Å². The zero-order chi connectivity index (χ0) is 14.3. The number of carbonyl (C=O) groups is 2. The van der Waals surface area contributed by atoms with Crippen molar-refractivity contribution in [3.8, 4) is 0 Å². The van der Waals surface area contributed by atoms with E-state index in [0.29, 0.717) is 5.92 Å². The summed E-state index contributed by atoms with van der Waals surface area (Å²) in [7, 11) is 0. The van der Waals surface area contributed by atoms with Crippen molar-refractivity contribution >= 4 is 11.8 Å². The highest BCUT2D eigenvalue weighted by Crippen LogP contribution is 2.51. The topological polar surface area (TPSA) is 72.2 Å².